The topological polar surface area (TPSA) is 57.5 Å². The number of phenols is 1. The van der Waals surface area contributed by atoms with Gasteiger partial charge in [0.25, 0.3) is 0 Å². The Morgan fingerprint density at radius 3 is 2.46 bits per heavy atom. The van der Waals surface area contributed by atoms with Crippen molar-refractivity contribution in [3.8, 4) is 5.75 Å². The zero-order chi connectivity index (χ0) is 10.2. The van der Waals surface area contributed by atoms with Crippen LogP contribution in [0.25, 0.3) is 0 Å². The molecule has 0 atom stereocenters. The fourth-order valence-electron chi connectivity index (χ4n) is 0.748. The standard InChI is InChI=1S/C7H3Br2ClO3/c8-3-1-2(7(12)13)6(11)4(9)5(3)10/h1,11H,(H,12,13). The summed E-state index contributed by atoms with van der Waals surface area (Å²) in [6.07, 6.45) is 0. The van der Waals surface area contributed by atoms with Gasteiger partial charge in [-0.25, -0.2) is 4.79 Å². The van der Waals surface area contributed by atoms with Crippen molar-refractivity contribution >= 4 is 49.4 Å². The van der Waals surface area contributed by atoms with Crippen LogP contribution in [0.5, 0.6) is 5.75 Å². The van der Waals surface area contributed by atoms with Gasteiger partial charge in [-0.15, -0.1) is 0 Å². The third-order valence-corrected chi connectivity index (χ3v) is 3.61. The van der Waals surface area contributed by atoms with E-state index in [4.69, 9.17) is 16.7 Å². The number of carbonyl (C=O) groups is 1. The average Bonchev–Trinajstić information content (AvgIpc) is 2.07. The molecule has 0 saturated carbocycles. The molecular formula is C7H3Br2ClO3. The van der Waals surface area contributed by atoms with Crippen LogP contribution in [0.2, 0.25) is 5.02 Å². The molecule has 0 spiro atoms. The summed E-state index contributed by atoms with van der Waals surface area (Å²) in [4.78, 5) is 10.6. The lowest BCUT2D eigenvalue weighted by Crippen LogP contribution is -1.97. The fraction of sp³-hybridized carbons (Fsp3) is 0. The highest BCUT2D eigenvalue weighted by Crippen LogP contribution is 2.39. The molecule has 0 unspecified atom stereocenters. The highest BCUT2D eigenvalue weighted by atomic mass is 79.9. The maximum Gasteiger partial charge on any atom is 0.339 e. The second kappa shape index (κ2) is 3.86. The van der Waals surface area contributed by atoms with Crippen molar-refractivity contribution in [2.24, 2.45) is 0 Å². The molecule has 0 aliphatic carbocycles. The number of rotatable bonds is 1. The van der Waals surface area contributed by atoms with Gasteiger partial charge in [0.05, 0.1) is 9.50 Å². The van der Waals surface area contributed by atoms with E-state index >= 15 is 0 Å². The summed E-state index contributed by atoms with van der Waals surface area (Å²) in [5.41, 5.74) is -0.205. The van der Waals surface area contributed by atoms with Crippen LogP contribution in [-0.4, -0.2) is 16.2 Å². The molecule has 0 aliphatic heterocycles. The van der Waals surface area contributed by atoms with Crippen molar-refractivity contribution in [1.29, 1.82) is 0 Å². The van der Waals surface area contributed by atoms with Crippen molar-refractivity contribution in [3.05, 3.63) is 25.6 Å². The van der Waals surface area contributed by atoms with Crippen molar-refractivity contribution in [3.63, 3.8) is 0 Å². The van der Waals surface area contributed by atoms with E-state index in [1.807, 2.05) is 0 Å². The number of hydrogen-bond donors (Lipinski definition) is 2. The predicted molar refractivity (Wildman–Crippen MR) is 55.5 cm³/mol. The van der Waals surface area contributed by atoms with E-state index < -0.39 is 5.97 Å². The molecule has 2 N–H and O–H groups in total. The Hall–Kier alpha value is -0.260. The van der Waals surface area contributed by atoms with Crippen LogP contribution in [0.4, 0.5) is 0 Å². The Bertz CT molecular complexity index is 378. The number of aromatic carboxylic acids is 1. The average molecular weight is 330 g/mol. The Kier molecular flexibility index (Phi) is 3.21. The Morgan fingerprint density at radius 1 is 1.46 bits per heavy atom. The van der Waals surface area contributed by atoms with Gasteiger partial charge < -0.3 is 10.2 Å². The van der Waals surface area contributed by atoms with Crippen LogP contribution in [0.1, 0.15) is 10.4 Å². The van der Waals surface area contributed by atoms with Gasteiger partial charge in [0, 0.05) is 4.47 Å². The van der Waals surface area contributed by atoms with E-state index in [9.17, 15) is 9.90 Å². The SMILES string of the molecule is O=C(O)c1cc(Br)c(Cl)c(Br)c1O. The zero-order valence-electron chi connectivity index (χ0n) is 6.01. The highest BCUT2D eigenvalue weighted by molar-refractivity contribution is 9.11. The molecule has 6 heteroatoms. The molecule has 0 fully saturated rings. The van der Waals surface area contributed by atoms with Crippen molar-refractivity contribution in [2.75, 3.05) is 0 Å². The molecule has 0 radical (unpaired) electrons. The quantitative estimate of drug-likeness (QED) is 0.777. The predicted octanol–water partition coefficient (Wildman–Crippen LogP) is 3.27. The number of hydrogen-bond acceptors (Lipinski definition) is 2. The summed E-state index contributed by atoms with van der Waals surface area (Å²) in [5.74, 6) is -1.59. The molecule has 13 heavy (non-hydrogen) atoms. The van der Waals surface area contributed by atoms with Crippen molar-refractivity contribution < 1.29 is 15.0 Å². The minimum absolute atomic E-state index is 0.168. The molecule has 0 bridgehead atoms. The van der Waals surface area contributed by atoms with E-state index in [0.29, 0.717) is 4.47 Å². The third-order valence-electron chi connectivity index (χ3n) is 1.37. The highest BCUT2D eigenvalue weighted by Gasteiger charge is 2.17. The number of aromatic hydroxyl groups is 1. The van der Waals surface area contributed by atoms with Crippen LogP contribution in [0.15, 0.2) is 15.0 Å². The summed E-state index contributed by atoms with van der Waals surface area (Å²) in [6.45, 7) is 0. The van der Waals surface area contributed by atoms with Gasteiger partial charge in [0.2, 0.25) is 0 Å². The summed E-state index contributed by atoms with van der Waals surface area (Å²) in [5, 5.41) is 18.2. The first kappa shape index (κ1) is 10.8. The molecule has 0 saturated heterocycles. The first-order valence-corrected chi connectivity index (χ1v) is 5.01. The smallest absolute Gasteiger partial charge is 0.339 e. The van der Waals surface area contributed by atoms with Crippen LogP contribution in [0.3, 0.4) is 0 Å². The Labute approximate surface area is 95.6 Å². The molecule has 0 aliphatic rings. The normalized spacial score (nSPS) is 10.1. The number of halogens is 3. The van der Waals surface area contributed by atoms with Gasteiger partial charge in [0.1, 0.15) is 11.3 Å². The maximum atomic E-state index is 10.6. The lowest BCUT2D eigenvalue weighted by Gasteiger charge is -2.05. The summed E-state index contributed by atoms with van der Waals surface area (Å²) in [6, 6.07) is 1.24. The van der Waals surface area contributed by atoms with Crippen LogP contribution in [0, 0.1) is 0 Å². The van der Waals surface area contributed by atoms with Gasteiger partial charge in [-0.2, -0.15) is 0 Å². The zero-order valence-corrected chi connectivity index (χ0v) is 9.94. The second-order valence-corrected chi connectivity index (χ2v) is 4.21. The van der Waals surface area contributed by atoms with Gasteiger partial charge in [0.15, 0.2) is 0 Å². The van der Waals surface area contributed by atoms with E-state index in [1.54, 1.807) is 0 Å². The molecule has 1 aromatic carbocycles. The van der Waals surface area contributed by atoms with Crippen molar-refractivity contribution in [2.45, 2.75) is 0 Å². The number of carboxylic acids is 1. The fourth-order valence-corrected chi connectivity index (χ4v) is 2.01. The van der Waals surface area contributed by atoms with Crippen LogP contribution >= 0.6 is 43.5 Å². The lowest BCUT2D eigenvalue weighted by molar-refractivity contribution is 0.0693. The molecule has 0 heterocycles. The molecule has 70 valence electrons. The van der Waals surface area contributed by atoms with Gasteiger partial charge >= 0.3 is 5.97 Å². The molecule has 3 nitrogen and oxygen atoms in total. The number of benzene rings is 1. The Balaban J connectivity index is 3.50. The van der Waals surface area contributed by atoms with E-state index in [-0.39, 0.29) is 20.8 Å². The van der Waals surface area contributed by atoms with E-state index in [2.05, 4.69) is 31.9 Å². The molecular weight excluding hydrogens is 327 g/mol. The first-order chi connectivity index (χ1) is 5.95. The van der Waals surface area contributed by atoms with Gasteiger partial charge in [-0.05, 0) is 37.9 Å². The third kappa shape index (κ3) is 1.98. The maximum absolute atomic E-state index is 10.6. The van der Waals surface area contributed by atoms with Gasteiger partial charge in [-0.1, -0.05) is 11.6 Å². The van der Waals surface area contributed by atoms with Crippen LogP contribution in [-0.2, 0) is 0 Å². The second-order valence-electron chi connectivity index (χ2n) is 2.19. The van der Waals surface area contributed by atoms with Crippen molar-refractivity contribution in [1.82, 2.24) is 0 Å². The minimum Gasteiger partial charge on any atom is -0.506 e. The first-order valence-electron chi connectivity index (χ1n) is 3.05. The van der Waals surface area contributed by atoms with Crippen LogP contribution < -0.4 is 0 Å². The van der Waals surface area contributed by atoms with E-state index in [1.165, 1.54) is 6.07 Å². The molecule has 0 amide bonds. The number of carboxylic acid groups (broad SMARTS) is 1. The largest absolute Gasteiger partial charge is 0.506 e. The monoisotopic (exact) mass is 328 g/mol. The summed E-state index contributed by atoms with van der Waals surface area (Å²) >= 11 is 11.7. The summed E-state index contributed by atoms with van der Waals surface area (Å²) in [7, 11) is 0. The minimum atomic E-state index is -1.21. The van der Waals surface area contributed by atoms with Gasteiger partial charge in [-0.3, -0.25) is 0 Å². The Morgan fingerprint density at radius 2 is 2.00 bits per heavy atom. The van der Waals surface area contributed by atoms with E-state index in [0.717, 1.165) is 0 Å². The lowest BCUT2D eigenvalue weighted by atomic mass is 10.2. The molecule has 0 aromatic heterocycles. The molecule has 1 aromatic rings. The summed E-state index contributed by atoms with van der Waals surface area (Å²) < 4.78 is 0.581. The molecule has 1 rings (SSSR count).